The van der Waals surface area contributed by atoms with Crippen molar-refractivity contribution in [3.63, 3.8) is 0 Å². The van der Waals surface area contributed by atoms with Crippen molar-refractivity contribution in [3.8, 4) is 0 Å². The minimum atomic E-state index is 0.102. The lowest BCUT2D eigenvalue weighted by Crippen LogP contribution is -2.31. The molecule has 0 radical (unpaired) electrons. The first-order valence-corrected chi connectivity index (χ1v) is 5.95. The number of nitrogens with zero attached hydrogens (tertiary/aromatic N) is 1. The van der Waals surface area contributed by atoms with Gasteiger partial charge in [0.25, 0.3) is 5.91 Å². The zero-order valence-electron chi connectivity index (χ0n) is 9.38. The Bertz CT molecular complexity index is 338. The molecule has 0 aliphatic heterocycles. The molecule has 0 unspecified atom stereocenters. The predicted octanol–water partition coefficient (Wildman–Crippen LogP) is 3.24. The second-order valence-corrected chi connectivity index (χ2v) is 4.26. The number of amides is 1. The van der Waals surface area contributed by atoms with E-state index in [1.807, 2.05) is 43.9 Å². The third-order valence-electron chi connectivity index (χ3n) is 2.49. The Morgan fingerprint density at radius 3 is 2.40 bits per heavy atom. The van der Waals surface area contributed by atoms with Crippen LogP contribution < -0.4 is 0 Å². The number of carbonyl (C=O) groups excluding carboxylic acids is 1. The molecular formula is C12H16BrNO. The smallest absolute Gasteiger partial charge is 0.255 e. The van der Waals surface area contributed by atoms with E-state index in [-0.39, 0.29) is 5.91 Å². The summed E-state index contributed by atoms with van der Waals surface area (Å²) in [6.07, 6.45) is 0. The number of hydrogen-bond donors (Lipinski definition) is 0. The number of rotatable bonds is 3. The van der Waals surface area contributed by atoms with Gasteiger partial charge >= 0.3 is 0 Å². The van der Waals surface area contributed by atoms with Crippen molar-refractivity contribution in [2.75, 3.05) is 13.1 Å². The largest absolute Gasteiger partial charge is 0.339 e. The zero-order valence-corrected chi connectivity index (χ0v) is 11.0. The van der Waals surface area contributed by atoms with E-state index in [9.17, 15) is 4.79 Å². The molecule has 0 aromatic heterocycles. The van der Waals surface area contributed by atoms with Gasteiger partial charge in [0.15, 0.2) is 0 Å². The fourth-order valence-corrected chi connectivity index (χ4v) is 2.21. The van der Waals surface area contributed by atoms with Gasteiger partial charge in [0.1, 0.15) is 0 Å². The van der Waals surface area contributed by atoms with E-state index in [0.717, 1.165) is 28.7 Å². The van der Waals surface area contributed by atoms with E-state index in [0.29, 0.717) is 0 Å². The van der Waals surface area contributed by atoms with Crippen molar-refractivity contribution in [2.24, 2.45) is 0 Å². The van der Waals surface area contributed by atoms with Crippen LogP contribution >= 0.6 is 15.9 Å². The fourth-order valence-electron chi connectivity index (χ4n) is 1.57. The van der Waals surface area contributed by atoms with Crippen molar-refractivity contribution in [1.29, 1.82) is 0 Å². The van der Waals surface area contributed by atoms with Gasteiger partial charge in [0, 0.05) is 17.6 Å². The number of benzene rings is 1. The summed E-state index contributed by atoms with van der Waals surface area (Å²) in [5.41, 5.74) is 1.79. The maximum Gasteiger partial charge on any atom is 0.255 e. The Morgan fingerprint density at radius 2 is 1.93 bits per heavy atom. The highest BCUT2D eigenvalue weighted by Gasteiger charge is 2.17. The van der Waals surface area contributed by atoms with Gasteiger partial charge in [0.2, 0.25) is 0 Å². The summed E-state index contributed by atoms with van der Waals surface area (Å²) in [5.74, 6) is 0.102. The molecule has 0 heterocycles. The van der Waals surface area contributed by atoms with Crippen molar-refractivity contribution in [2.45, 2.75) is 20.8 Å². The summed E-state index contributed by atoms with van der Waals surface area (Å²) in [6, 6.07) is 5.81. The minimum absolute atomic E-state index is 0.102. The second-order valence-electron chi connectivity index (χ2n) is 3.41. The standard InChI is InChI=1S/C12H16BrNO/c1-4-14(5-2)12(15)11-9(3)7-6-8-10(11)13/h6-8H,4-5H2,1-3H3. The molecular weight excluding hydrogens is 254 g/mol. The van der Waals surface area contributed by atoms with Crippen molar-refractivity contribution in [3.05, 3.63) is 33.8 Å². The Labute approximate surface area is 99.4 Å². The quantitative estimate of drug-likeness (QED) is 0.825. The van der Waals surface area contributed by atoms with Crippen LogP contribution in [-0.4, -0.2) is 23.9 Å². The summed E-state index contributed by atoms with van der Waals surface area (Å²) in [5, 5.41) is 0. The molecule has 1 aromatic rings. The van der Waals surface area contributed by atoms with Crippen LogP contribution in [0.5, 0.6) is 0 Å². The molecule has 1 rings (SSSR count). The van der Waals surface area contributed by atoms with Crippen molar-refractivity contribution < 1.29 is 4.79 Å². The van der Waals surface area contributed by atoms with Gasteiger partial charge in [0.05, 0.1) is 5.56 Å². The maximum atomic E-state index is 12.1. The van der Waals surface area contributed by atoms with Crippen LogP contribution in [0.3, 0.4) is 0 Å². The molecule has 0 fully saturated rings. The summed E-state index contributed by atoms with van der Waals surface area (Å²) in [6.45, 7) is 7.44. The van der Waals surface area contributed by atoms with E-state index in [1.54, 1.807) is 0 Å². The van der Waals surface area contributed by atoms with Gasteiger partial charge in [-0.3, -0.25) is 4.79 Å². The third-order valence-corrected chi connectivity index (χ3v) is 3.15. The molecule has 0 atom stereocenters. The molecule has 0 bridgehead atoms. The highest BCUT2D eigenvalue weighted by Crippen LogP contribution is 2.21. The molecule has 0 N–H and O–H groups in total. The molecule has 0 saturated heterocycles. The molecule has 1 amide bonds. The third kappa shape index (κ3) is 2.59. The Kier molecular flexibility index (Phi) is 4.33. The van der Waals surface area contributed by atoms with Crippen LogP contribution in [0.1, 0.15) is 29.8 Å². The molecule has 3 heteroatoms. The number of carbonyl (C=O) groups is 1. The van der Waals surface area contributed by atoms with E-state index < -0.39 is 0 Å². The van der Waals surface area contributed by atoms with E-state index in [2.05, 4.69) is 15.9 Å². The van der Waals surface area contributed by atoms with Crippen LogP contribution in [0.2, 0.25) is 0 Å². The summed E-state index contributed by atoms with van der Waals surface area (Å²) < 4.78 is 0.874. The average molecular weight is 270 g/mol. The summed E-state index contributed by atoms with van der Waals surface area (Å²) in [7, 11) is 0. The van der Waals surface area contributed by atoms with Gasteiger partial charge in [-0.2, -0.15) is 0 Å². The molecule has 2 nitrogen and oxygen atoms in total. The second kappa shape index (κ2) is 5.31. The average Bonchev–Trinajstić information content (AvgIpc) is 2.19. The Balaban J connectivity index is 3.10. The van der Waals surface area contributed by atoms with Crippen LogP contribution in [0.15, 0.2) is 22.7 Å². The first-order valence-electron chi connectivity index (χ1n) is 5.16. The Hall–Kier alpha value is -0.830. The molecule has 0 aliphatic rings. The van der Waals surface area contributed by atoms with Crippen LogP contribution in [0, 0.1) is 6.92 Å². The fraction of sp³-hybridized carbons (Fsp3) is 0.417. The summed E-state index contributed by atoms with van der Waals surface area (Å²) >= 11 is 3.43. The number of aryl methyl sites for hydroxylation is 1. The van der Waals surface area contributed by atoms with Gasteiger partial charge < -0.3 is 4.90 Å². The monoisotopic (exact) mass is 269 g/mol. The molecule has 0 aliphatic carbocycles. The lowest BCUT2D eigenvalue weighted by atomic mass is 10.1. The van der Waals surface area contributed by atoms with E-state index >= 15 is 0 Å². The normalized spacial score (nSPS) is 10.1. The molecule has 1 aromatic carbocycles. The molecule has 82 valence electrons. The highest BCUT2D eigenvalue weighted by molar-refractivity contribution is 9.10. The van der Waals surface area contributed by atoms with Gasteiger partial charge in [-0.15, -0.1) is 0 Å². The van der Waals surface area contributed by atoms with Gasteiger partial charge in [-0.1, -0.05) is 12.1 Å². The van der Waals surface area contributed by atoms with Crippen LogP contribution in [0.25, 0.3) is 0 Å². The SMILES string of the molecule is CCN(CC)C(=O)c1c(C)cccc1Br. The first kappa shape index (κ1) is 12.2. The van der Waals surface area contributed by atoms with E-state index in [4.69, 9.17) is 0 Å². The molecule has 0 saturated carbocycles. The minimum Gasteiger partial charge on any atom is -0.339 e. The number of halogens is 1. The van der Waals surface area contributed by atoms with Gasteiger partial charge in [-0.05, 0) is 48.3 Å². The van der Waals surface area contributed by atoms with Crippen LogP contribution in [-0.2, 0) is 0 Å². The van der Waals surface area contributed by atoms with E-state index in [1.165, 1.54) is 0 Å². The lowest BCUT2D eigenvalue weighted by molar-refractivity contribution is 0.0771. The predicted molar refractivity (Wildman–Crippen MR) is 66.1 cm³/mol. The van der Waals surface area contributed by atoms with Crippen LogP contribution in [0.4, 0.5) is 0 Å². The maximum absolute atomic E-state index is 12.1. The van der Waals surface area contributed by atoms with Gasteiger partial charge in [-0.25, -0.2) is 0 Å². The van der Waals surface area contributed by atoms with Crippen molar-refractivity contribution >= 4 is 21.8 Å². The molecule has 15 heavy (non-hydrogen) atoms. The number of hydrogen-bond acceptors (Lipinski definition) is 1. The lowest BCUT2D eigenvalue weighted by Gasteiger charge is -2.20. The molecule has 0 spiro atoms. The zero-order chi connectivity index (χ0) is 11.4. The first-order chi connectivity index (χ1) is 7.11. The Morgan fingerprint density at radius 1 is 1.33 bits per heavy atom. The van der Waals surface area contributed by atoms with Crippen molar-refractivity contribution in [1.82, 2.24) is 4.90 Å². The summed E-state index contributed by atoms with van der Waals surface area (Å²) in [4.78, 5) is 14.0. The topological polar surface area (TPSA) is 20.3 Å². The highest BCUT2D eigenvalue weighted by atomic mass is 79.9.